The second kappa shape index (κ2) is 1.52. The van der Waals surface area contributed by atoms with Gasteiger partial charge in [-0.1, -0.05) is 0 Å². The average molecular weight is 97.1 g/mol. The first-order chi connectivity index (χ1) is 3.30. The summed E-state index contributed by atoms with van der Waals surface area (Å²) in [6.07, 6.45) is 3.88. The molecule has 1 heterocycles. The number of hydrogen-bond donors (Lipinski definition) is 0. The lowest BCUT2D eigenvalue weighted by Gasteiger charge is -2.11. The van der Waals surface area contributed by atoms with E-state index in [1.807, 2.05) is 18.3 Å². The number of hydrogen-bond acceptors (Lipinski definition) is 2. The molecule has 7 heavy (non-hydrogen) atoms. The van der Waals surface area contributed by atoms with E-state index < -0.39 is 0 Å². The largest absolute Gasteiger partial charge is 0.297 e. The zero-order valence-corrected chi connectivity index (χ0v) is 4.63. The molecule has 0 aromatic rings. The normalized spacial score (nSPS) is 29.4. The molecule has 1 unspecified atom stereocenters. The van der Waals surface area contributed by atoms with Crippen LogP contribution in [-0.2, 0) is 0 Å². The van der Waals surface area contributed by atoms with Crippen LogP contribution < -0.4 is 0 Å². The molecule has 0 bridgehead atoms. The predicted octanol–water partition coefficient (Wildman–Crippen LogP) is 0.510. The van der Waals surface area contributed by atoms with Crippen molar-refractivity contribution in [1.82, 2.24) is 5.01 Å². The highest BCUT2D eigenvalue weighted by Crippen LogP contribution is 2.03. The summed E-state index contributed by atoms with van der Waals surface area (Å²) in [7, 11) is 1.96. The van der Waals surface area contributed by atoms with Crippen molar-refractivity contribution in [3.63, 3.8) is 0 Å². The smallest absolute Gasteiger partial charge is 0.0524 e. The Morgan fingerprint density at radius 1 is 1.71 bits per heavy atom. The molecule has 0 saturated carbocycles. The summed E-state index contributed by atoms with van der Waals surface area (Å²) >= 11 is 0. The Labute approximate surface area is 43.8 Å². The van der Waals surface area contributed by atoms with Crippen LogP contribution in [0.2, 0.25) is 0 Å². The lowest BCUT2D eigenvalue weighted by atomic mass is 10.3. The molecular formula is C5H9N2. The third kappa shape index (κ3) is 0.734. The van der Waals surface area contributed by atoms with E-state index in [0.717, 1.165) is 0 Å². The van der Waals surface area contributed by atoms with E-state index in [1.165, 1.54) is 0 Å². The van der Waals surface area contributed by atoms with Crippen LogP contribution in [0.5, 0.6) is 0 Å². The third-order valence-corrected chi connectivity index (χ3v) is 1.20. The summed E-state index contributed by atoms with van der Waals surface area (Å²) in [6.45, 7) is 2.10. The molecule has 0 fully saturated rings. The number of nitrogens with zero attached hydrogens (tertiary/aromatic N) is 2. The molecule has 1 rings (SSSR count). The second-order valence-electron chi connectivity index (χ2n) is 1.77. The Bertz CT molecular complexity index is 88.1. The van der Waals surface area contributed by atoms with Gasteiger partial charge in [-0.2, -0.15) is 5.10 Å². The summed E-state index contributed by atoms with van der Waals surface area (Å²) in [5, 5.41) is 5.89. The van der Waals surface area contributed by atoms with Crippen LogP contribution in [0, 0.1) is 6.42 Å². The lowest BCUT2D eigenvalue weighted by molar-refractivity contribution is 0.326. The van der Waals surface area contributed by atoms with E-state index >= 15 is 0 Å². The van der Waals surface area contributed by atoms with Crippen LogP contribution >= 0.6 is 0 Å². The SMILES string of the molecule is CC1[CH]C=NN1C. The van der Waals surface area contributed by atoms with Gasteiger partial charge in [0.25, 0.3) is 0 Å². The molecule has 2 nitrogen and oxygen atoms in total. The molecule has 0 spiro atoms. The van der Waals surface area contributed by atoms with Crippen LogP contribution in [0.3, 0.4) is 0 Å². The van der Waals surface area contributed by atoms with Crippen molar-refractivity contribution in [3.05, 3.63) is 6.42 Å². The first-order valence-electron chi connectivity index (χ1n) is 2.41. The van der Waals surface area contributed by atoms with Crippen molar-refractivity contribution < 1.29 is 0 Å². The highest BCUT2D eigenvalue weighted by atomic mass is 15.5. The first-order valence-corrected chi connectivity index (χ1v) is 2.41. The number of hydrazone groups is 1. The fraction of sp³-hybridized carbons (Fsp3) is 0.600. The van der Waals surface area contributed by atoms with E-state index in [1.54, 1.807) is 0 Å². The van der Waals surface area contributed by atoms with Crippen molar-refractivity contribution in [2.24, 2.45) is 5.10 Å². The summed E-state index contributed by atoms with van der Waals surface area (Å²) in [6, 6.07) is 0.500. The Kier molecular flexibility index (Phi) is 1.01. The van der Waals surface area contributed by atoms with Crippen LogP contribution in [0.4, 0.5) is 0 Å². The predicted molar refractivity (Wildman–Crippen MR) is 30.0 cm³/mol. The van der Waals surface area contributed by atoms with E-state index in [9.17, 15) is 0 Å². The fourth-order valence-electron chi connectivity index (χ4n) is 0.498. The van der Waals surface area contributed by atoms with Gasteiger partial charge in [0.2, 0.25) is 0 Å². The molecule has 1 radical (unpaired) electrons. The summed E-state index contributed by atoms with van der Waals surface area (Å²) in [4.78, 5) is 0. The van der Waals surface area contributed by atoms with Gasteiger partial charge in [0.15, 0.2) is 0 Å². The standard InChI is InChI=1S/C5H9N2/c1-5-3-4-6-7(5)2/h3-5H,1-2H3. The molecule has 0 aliphatic carbocycles. The molecule has 1 atom stereocenters. The van der Waals surface area contributed by atoms with Gasteiger partial charge in [-0.15, -0.1) is 0 Å². The van der Waals surface area contributed by atoms with Crippen molar-refractivity contribution in [2.75, 3.05) is 7.05 Å². The zero-order chi connectivity index (χ0) is 5.28. The van der Waals surface area contributed by atoms with Gasteiger partial charge >= 0.3 is 0 Å². The van der Waals surface area contributed by atoms with E-state index in [0.29, 0.717) is 6.04 Å². The van der Waals surface area contributed by atoms with Crippen molar-refractivity contribution in [3.8, 4) is 0 Å². The summed E-state index contributed by atoms with van der Waals surface area (Å²) < 4.78 is 0. The second-order valence-corrected chi connectivity index (χ2v) is 1.77. The van der Waals surface area contributed by atoms with Crippen LogP contribution in [0.1, 0.15) is 6.92 Å². The van der Waals surface area contributed by atoms with Crippen LogP contribution in [-0.4, -0.2) is 24.3 Å². The molecule has 0 aromatic carbocycles. The molecule has 1 aliphatic heterocycles. The van der Waals surface area contributed by atoms with E-state index in [4.69, 9.17) is 0 Å². The molecule has 39 valence electrons. The first kappa shape index (κ1) is 4.62. The lowest BCUT2D eigenvalue weighted by Crippen LogP contribution is -2.17. The van der Waals surface area contributed by atoms with E-state index in [-0.39, 0.29) is 0 Å². The van der Waals surface area contributed by atoms with Gasteiger partial charge in [0.1, 0.15) is 0 Å². The van der Waals surface area contributed by atoms with Gasteiger partial charge in [-0.25, -0.2) is 0 Å². The Hall–Kier alpha value is -0.530. The maximum atomic E-state index is 3.97. The van der Waals surface area contributed by atoms with Crippen molar-refractivity contribution in [1.29, 1.82) is 0 Å². The topological polar surface area (TPSA) is 15.6 Å². The van der Waals surface area contributed by atoms with Gasteiger partial charge in [0.05, 0.1) is 6.04 Å². The minimum atomic E-state index is 0.500. The maximum Gasteiger partial charge on any atom is 0.0524 e. The third-order valence-electron chi connectivity index (χ3n) is 1.20. The minimum absolute atomic E-state index is 0.500. The van der Waals surface area contributed by atoms with Crippen molar-refractivity contribution in [2.45, 2.75) is 13.0 Å². The average Bonchev–Trinajstić information content (AvgIpc) is 1.91. The molecule has 2 heteroatoms. The van der Waals surface area contributed by atoms with Crippen LogP contribution in [0.25, 0.3) is 0 Å². The summed E-state index contributed by atoms with van der Waals surface area (Å²) in [5.74, 6) is 0. The highest BCUT2D eigenvalue weighted by Gasteiger charge is 2.09. The van der Waals surface area contributed by atoms with E-state index in [2.05, 4.69) is 18.4 Å². The summed E-state index contributed by atoms with van der Waals surface area (Å²) in [5.41, 5.74) is 0. The fourth-order valence-corrected chi connectivity index (χ4v) is 0.498. The van der Waals surface area contributed by atoms with Crippen molar-refractivity contribution >= 4 is 6.21 Å². The van der Waals surface area contributed by atoms with Crippen LogP contribution in [0.15, 0.2) is 5.10 Å². The number of rotatable bonds is 0. The Morgan fingerprint density at radius 2 is 2.43 bits per heavy atom. The van der Waals surface area contributed by atoms with Gasteiger partial charge in [-0.3, -0.25) is 5.01 Å². The zero-order valence-electron chi connectivity index (χ0n) is 4.63. The highest BCUT2D eigenvalue weighted by molar-refractivity contribution is 5.70. The Morgan fingerprint density at radius 3 is 2.57 bits per heavy atom. The molecular weight excluding hydrogens is 88.1 g/mol. The van der Waals surface area contributed by atoms with Gasteiger partial charge in [-0.05, 0) is 6.92 Å². The minimum Gasteiger partial charge on any atom is -0.297 e. The van der Waals surface area contributed by atoms with Gasteiger partial charge in [0, 0.05) is 19.7 Å². The monoisotopic (exact) mass is 97.1 g/mol. The van der Waals surface area contributed by atoms with Gasteiger partial charge < -0.3 is 0 Å². The maximum absolute atomic E-state index is 3.97. The molecule has 1 aliphatic rings. The molecule has 0 aromatic heterocycles. The molecule has 0 amide bonds. The molecule has 0 N–H and O–H groups in total. The molecule has 0 saturated heterocycles. The quantitative estimate of drug-likeness (QED) is 0.430. The Balaban J connectivity index is 2.45.